The van der Waals surface area contributed by atoms with Crippen LogP contribution in [0.25, 0.3) is 0 Å². The molecule has 1 heterocycles. The Kier molecular flexibility index (Phi) is 4.76. The highest BCUT2D eigenvalue weighted by molar-refractivity contribution is 9.10. The predicted octanol–water partition coefficient (Wildman–Crippen LogP) is 2.69. The summed E-state index contributed by atoms with van der Waals surface area (Å²) in [7, 11) is 1.25. The Labute approximate surface area is 147 Å². The molecule has 0 aromatic heterocycles. The van der Waals surface area contributed by atoms with Crippen molar-refractivity contribution >= 4 is 33.5 Å². The van der Waals surface area contributed by atoms with Crippen molar-refractivity contribution in [3.05, 3.63) is 69.9 Å². The molecule has 3 rings (SSSR count). The number of dihydropyridines is 1. The monoisotopic (exact) mass is 386 g/mol. The average Bonchev–Trinajstić information content (AvgIpc) is 2.58. The standard InChI is InChI=1S/C18H15BrN2O3/c1-24-18(23)15-16(20-10-11-5-4-6-12(19)9-11)13-7-2-3-8-14(13)21-17(15)22/h2-9,13,20H,10H2,1H3. The molecule has 0 radical (unpaired) electrons. The number of methoxy groups -OCH3 is 1. The van der Waals surface area contributed by atoms with Gasteiger partial charge in [-0.2, -0.15) is 0 Å². The summed E-state index contributed by atoms with van der Waals surface area (Å²) in [5.74, 6) is -1.51. The fraction of sp³-hybridized carbons (Fsp3) is 0.167. The van der Waals surface area contributed by atoms with Crippen LogP contribution in [0.2, 0.25) is 0 Å². The van der Waals surface area contributed by atoms with Crippen molar-refractivity contribution in [3.8, 4) is 0 Å². The summed E-state index contributed by atoms with van der Waals surface area (Å²) in [5.41, 5.74) is 2.12. The second-order valence-corrected chi connectivity index (χ2v) is 6.24. The number of hydrogen-bond donors (Lipinski definition) is 1. The highest BCUT2D eigenvalue weighted by atomic mass is 79.9. The van der Waals surface area contributed by atoms with Crippen LogP contribution in [0.3, 0.4) is 0 Å². The number of fused-ring (bicyclic) bond motifs is 1. The van der Waals surface area contributed by atoms with Crippen molar-refractivity contribution in [2.75, 3.05) is 7.11 Å². The first-order valence-corrected chi connectivity index (χ1v) is 8.18. The van der Waals surface area contributed by atoms with Crippen LogP contribution < -0.4 is 5.32 Å². The SMILES string of the molecule is COC(=O)C1=C(NCc2cccc(Br)c2)C2C=CC=CC2=NC1=O. The first-order valence-electron chi connectivity index (χ1n) is 7.38. The average molecular weight is 387 g/mol. The minimum absolute atomic E-state index is 0.0406. The lowest BCUT2D eigenvalue weighted by molar-refractivity contribution is -0.137. The largest absolute Gasteiger partial charge is 0.465 e. The molecule has 1 N–H and O–H groups in total. The fourth-order valence-corrected chi connectivity index (χ4v) is 3.11. The number of amides is 1. The summed E-state index contributed by atoms with van der Waals surface area (Å²) in [6.45, 7) is 0.476. The van der Waals surface area contributed by atoms with Gasteiger partial charge in [0.1, 0.15) is 5.57 Å². The number of carbonyl (C=O) groups excluding carboxylic acids is 2. The third-order valence-electron chi connectivity index (χ3n) is 3.79. The summed E-state index contributed by atoms with van der Waals surface area (Å²) in [6, 6.07) is 7.80. The van der Waals surface area contributed by atoms with Gasteiger partial charge in [-0.05, 0) is 23.8 Å². The number of nitrogens with zero attached hydrogens (tertiary/aromatic N) is 1. The molecule has 122 valence electrons. The Hall–Kier alpha value is -2.47. The van der Waals surface area contributed by atoms with Crippen LogP contribution in [-0.2, 0) is 20.9 Å². The molecule has 0 fully saturated rings. The van der Waals surface area contributed by atoms with Crippen molar-refractivity contribution in [2.24, 2.45) is 10.9 Å². The lowest BCUT2D eigenvalue weighted by Crippen LogP contribution is -2.35. The van der Waals surface area contributed by atoms with E-state index in [0.29, 0.717) is 18.0 Å². The number of ether oxygens (including phenoxy) is 1. The molecule has 1 aliphatic carbocycles. The van der Waals surface area contributed by atoms with Crippen LogP contribution in [0, 0.1) is 5.92 Å². The van der Waals surface area contributed by atoms with Crippen molar-refractivity contribution in [1.82, 2.24) is 5.32 Å². The Bertz CT molecular complexity index is 821. The van der Waals surface area contributed by atoms with Gasteiger partial charge in [0.25, 0.3) is 5.91 Å². The van der Waals surface area contributed by atoms with Gasteiger partial charge >= 0.3 is 5.97 Å². The van der Waals surface area contributed by atoms with E-state index in [2.05, 4.69) is 26.2 Å². The van der Waals surface area contributed by atoms with Crippen molar-refractivity contribution in [3.63, 3.8) is 0 Å². The number of hydrogen-bond acceptors (Lipinski definition) is 4. The highest BCUT2D eigenvalue weighted by Gasteiger charge is 2.34. The van der Waals surface area contributed by atoms with Gasteiger partial charge in [-0.3, -0.25) is 4.79 Å². The molecule has 1 atom stereocenters. The molecule has 0 spiro atoms. The van der Waals surface area contributed by atoms with Crippen LogP contribution in [0.15, 0.2) is 69.3 Å². The van der Waals surface area contributed by atoms with Crippen molar-refractivity contribution in [1.29, 1.82) is 0 Å². The first-order chi connectivity index (χ1) is 11.6. The van der Waals surface area contributed by atoms with Crippen molar-refractivity contribution < 1.29 is 14.3 Å². The molecule has 0 saturated carbocycles. The quantitative estimate of drug-likeness (QED) is 0.637. The molecule has 6 heteroatoms. The van der Waals surface area contributed by atoms with Gasteiger partial charge in [-0.1, -0.05) is 46.3 Å². The second kappa shape index (κ2) is 6.97. The fourth-order valence-electron chi connectivity index (χ4n) is 2.67. The Balaban J connectivity index is 1.94. The van der Waals surface area contributed by atoms with Gasteiger partial charge in [-0.15, -0.1) is 0 Å². The molecular formula is C18H15BrN2O3. The van der Waals surface area contributed by atoms with E-state index in [9.17, 15) is 9.59 Å². The minimum atomic E-state index is -0.678. The van der Waals surface area contributed by atoms with Crippen LogP contribution in [0.4, 0.5) is 0 Å². The van der Waals surface area contributed by atoms with Gasteiger partial charge < -0.3 is 10.1 Å². The van der Waals surface area contributed by atoms with Crippen LogP contribution in [-0.4, -0.2) is 24.7 Å². The summed E-state index contributed by atoms with van der Waals surface area (Å²) in [5, 5.41) is 3.23. The van der Waals surface area contributed by atoms with Gasteiger partial charge in [0.2, 0.25) is 0 Å². The molecular weight excluding hydrogens is 372 g/mol. The molecule has 0 saturated heterocycles. The third kappa shape index (κ3) is 3.23. The van der Waals surface area contributed by atoms with Crippen LogP contribution in [0.1, 0.15) is 5.56 Å². The third-order valence-corrected chi connectivity index (χ3v) is 4.28. The number of benzene rings is 1. The lowest BCUT2D eigenvalue weighted by atomic mass is 9.89. The van der Waals surface area contributed by atoms with Crippen LogP contribution >= 0.6 is 15.9 Å². The smallest absolute Gasteiger partial charge is 0.345 e. The Morgan fingerprint density at radius 3 is 2.96 bits per heavy atom. The summed E-state index contributed by atoms with van der Waals surface area (Å²) >= 11 is 3.43. The van der Waals surface area contributed by atoms with Crippen molar-refractivity contribution in [2.45, 2.75) is 6.54 Å². The molecule has 24 heavy (non-hydrogen) atoms. The highest BCUT2D eigenvalue weighted by Crippen LogP contribution is 2.27. The number of rotatable bonds is 4. The van der Waals surface area contributed by atoms with E-state index in [4.69, 9.17) is 4.74 Å². The maximum atomic E-state index is 12.3. The van der Waals surface area contributed by atoms with Crippen LogP contribution in [0.5, 0.6) is 0 Å². The maximum absolute atomic E-state index is 12.3. The van der Waals surface area contributed by atoms with E-state index in [1.165, 1.54) is 7.11 Å². The molecule has 1 amide bonds. The van der Waals surface area contributed by atoms with E-state index in [0.717, 1.165) is 10.0 Å². The van der Waals surface area contributed by atoms with Gasteiger partial charge in [-0.25, -0.2) is 9.79 Å². The lowest BCUT2D eigenvalue weighted by Gasteiger charge is -2.26. The second-order valence-electron chi connectivity index (χ2n) is 5.33. The summed E-state index contributed by atoms with van der Waals surface area (Å²) in [6.07, 6.45) is 7.36. The number of allylic oxidation sites excluding steroid dienone is 4. The molecule has 1 unspecified atom stereocenters. The number of aliphatic imine (C=N–C) groups is 1. The zero-order chi connectivity index (χ0) is 17.1. The first kappa shape index (κ1) is 16.4. The number of esters is 1. The van der Waals surface area contributed by atoms with E-state index in [1.54, 1.807) is 6.08 Å². The molecule has 0 bridgehead atoms. The predicted molar refractivity (Wildman–Crippen MR) is 94.2 cm³/mol. The number of carbonyl (C=O) groups is 2. The molecule has 1 aromatic rings. The number of nitrogens with one attached hydrogen (secondary N) is 1. The van der Waals surface area contributed by atoms with E-state index < -0.39 is 11.9 Å². The molecule has 1 aliphatic heterocycles. The minimum Gasteiger partial charge on any atom is -0.465 e. The zero-order valence-corrected chi connectivity index (χ0v) is 14.5. The van der Waals surface area contributed by atoms with Gasteiger partial charge in [0.05, 0.1) is 18.7 Å². The van der Waals surface area contributed by atoms with E-state index in [1.807, 2.05) is 42.5 Å². The Morgan fingerprint density at radius 1 is 1.38 bits per heavy atom. The Morgan fingerprint density at radius 2 is 2.21 bits per heavy atom. The zero-order valence-electron chi connectivity index (χ0n) is 13.0. The molecule has 2 aliphatic rings. The van der Waals surface area contributed by atoms with E-state index in [-0.39, 0.29) is 11.5 Å². The van der Waals surface area contributed by atoms with Gasteiger partial charge in [0.15, 0.2) is 0 Å². The maximum Gasteiger partial charge on any atom is 0.345 e. The van der Waals surface area contributed by atoms with E-state index >= 15 is 0 Å². The molecule has 1 aromatic carbocycles. The summed E-state index contributed by atoms with van der Waals surface area (Å²) in [4.78, 5) is 28.3. The molecule has 5 nitrogen and oxygen atoms in total. The normalized spacial score (nSPS) is 19.0. The summed E-state index contributed by atoms with van der Waals surface area (Å²) < 4.78 is 5.73. The topological polar surface area (TPSA) is 67.8 Å². The van der Waals surface area contributed by atoms with Gasteiger partial charge in [0, 0.05) is 16.7 Å². The number of halogens is 1.